The van der Waals surface area contributed by atoms with E-state index in [4.69, 9.17) is 4.52 Å². The van der Waals surface area contributed by atoms with Crippen LogP contribution >= 0.6 is 0 Å². The van der Waals surface area contributed by atoms with Crippen LogP contribution in [0.3, 0.4) is 0 Å². The molecule has 3 N–H and O–H groups in total. The minimum absolute atomic E-state index is 0.0186. The molecule has 5 heterocycles. The molecule has 0 saturated carbocycles. The highest BCUT2D eigenvalue weighted by Crippen LogP contribution is 2.29. The smallest absolute Gasteiger partial charge is 0.259 e. The summed E-state index contributed by atoms with van der Waals surface area (Å²) in [6.45, 7) is 7.14. The van der Waals surface area contributed by atoms with Crippen molar-refractivity contribution in [2.45, 2.75) is 58.8 Å². The van der Waals surface area contributed by atoms with Gasteiger partial charge in [-0.1, -0.05) is 19.0 Å². The minimum Gasteiger partial charge on any atom is -0.360 e. The third kappa shape index (κ3) is 6.50. The molecule has 222 valence electrons. The number of rotatable bonds is 5. The highest BCUT2D eigenvalue weighted by atomic mass is 16.5. The van der Waals surface area contributed by atoms with E-state index in [1.807, 2.05) is 50.1 Å². The Morgan fingerprint density at radius 3 is 2.70 bits per heavy atom. The Morgan fingerprint density at radius 1 is 1.05 bits per heavy atom. The summed E-state index contributed by atoms with van der Waals surface area (Å²) in [7, 11) is 0. The first-order chi connectivity index (χ1) is 20.8. The number of fused-ring (bicyclic) bond motifs is 6. The first-order valence-electron chi connectivity index (χ1n) is 14.8. The van der Waals surface area contributed by atoms with E-state index in [1.54, 1.807) is 12.4 Å². The number of carbonyl (C=O) groups excluding carboxylic acids is 2. The Bertz CT molecular complexity index is 1640. The van der Waals surface area contributed by atoms with E-state index < -0.39 is 0 Å². The zero-order chi connectivity index (χ0) is 29.9. The Kier molecular flexibility index (Phi) is 8.04. The lowest BCUT2D eigenvalue weighted by molar-refractivity contribution is -0.117. The van der Waals surface area contributed by atoms with Gasteiger partial charge in [-0.05, 0) is 73.9 Å². The lowest BCUT2D eigenvalue weighted by atomic mass is 9.92. The number of amides is 2. The van der Waals surface area contributed by atoms with Crippen molar-refractivity contribution < 1.29 is 14.1 Å². The highest BCUT2D eigenvalue weighted by molar-refractivity contribution is 5.95. The fourth-order valence-electron chi connectivity index (χ4n) is 5.67. The molecule has 1 aromatic carbocycles. The van der Waals surface area contributed by atoms with Gasteiger partial charge in [0.25, 0.3) is 5.91 Å². The second-order valence-electron chi connectivity index (χ2n) is 11.7. The van der Waals surface area contributed by atoms with E-state index in [9.17, 15) is 9.59 Å². The third-order valence-corrected chi connectivity index (χ3v) is 8.08. The number of benzene rings is 1. The predicted octanol–water partition coefficient (Wildman–Crippen LogP) is 5.76. The van der Waals surface area contributed by atoms with Crippen LogP contribution < -0.4 is 16.0 Å². The van der Waals surface area contributed by atoms with Gasteiger partial charge in [0.1, 0.15) is 11.4 Å². The maximum absolute atomic E-state index is 13.2. The van der Waals surface area contributed by atoms with Gasteiger partial charge in [0.2, 0.25) is 11.9 Å². The van der Waals surface area contributed by atoms with Crippen LogP contribution in [-0.2, 0) is 17.6 Å². The van der Waals surface area contributed by atoms with Gasteiger partial charge in [-0.25, -0.2) is 4.98 Å². The Morgan fingerprint density at radius 2 is 1.88 bits per heavy atom. The van der Waals surface area contributed by atoms with Crippen LogP contribution in [-0.4, -0.2) is 49.9 Å². The fourth-order valence-corrected chi connectivity index (χ4v) is 5.67. The molecule has 0 spiro atoms. The Labute approximate surface area is 250 Å². The van der Waals surface area contributed by atoms with Crippen LogP contribution in [0.15, 0.2) is 53.6 Å². The zero-order valence-electron chi connectivity index (χ0n) is 24.7. The molecule has 6 rings (SSSR count). The largest absolute Gasteiger partial charge is 0.360 e. The molecule has 2 aliphatic rings. The van der Waals surface area contributed by atoms with E-state index in [0.29, 0.717) is 42.6 Å². The van der Waals surface area contributed by atoms with Crippen molar-refractivity contribution >= 4 is 40.6 Å². The first-order valence-corrected chi connectivity index (χ1v) is 14.8. The van der Waals surface area contributed by atoms with Crippen molar-refractivity contribution in [2.75, 3.05) is 29.0 Å². The second kappa shape index (κ2) is 12.2. The van der Waals surface area contributed by atoms with Crippen molar-refractivity contribution in [2.24, 2.45) is 5.92 Å². The van der Waals surface area contributed by atoms with Crippen molar-refractivity contribution in [3.05, 3.63) is 77.1 Å². The molecule has 2 aliphatic heterocycles. The molecule has 0 atom stereocenters. The molecule has 11 heteroatoms. The van der Waals surface area contributed by atoms with Crippen LogP contribution in [0.2, 0.25) is 0 Å². The molecule has 3 aromatic heterocycles. The summed E-state index contributed by atoms with van der Waals surface area (Å²) >= 11 is 0. The van der Waals surface area contributed by atoms with E-state index >= 15 is 0 Å². The average molecular weight is 581 g/mol. The number of nitrogens with one attached hydrogen (secondary N) is 3. The summed E-state index contributed by atoms with van der Waals surface area (Å²) in [4.78, 5) is 41.6. The van der Waals surface area contributed by atoms with Gasteiger partial charge in [0.15, 0.2) is 5.76 Å². The van der Waals surface area contributed by atoms with Gasteiger partial charge >= 0.3 is 0 Å². The van der Waals surface area contributed by atoms with Crippen LogP contribution in [0.25, 0.3) is 0 Å². The topological polar surface area (TPSA) is 138 Å². The van der Waals surface area contributed by atoms with Gasteiger partial charge in [-0.3, -0.25) is 14.6 Å². The lowest BCUT2D eigenvalue weighted by Crippen LogP contribution is -2.39. The molecular weight excluding hydrogens is 544 g/mol. The van der Waals surface area contributed by atoms with E-state index in [-0.39, 0.29) is 23.7 Å². The maximum atomic E-state index is 13.2. The molecule has 4 aromatic rings. The molecule has 1 fully saturated rings. The SMILES string of the molecule is Cc1cnc2nc1Nc1ccc(NC(=O)CC3CCN(C(=O)c4cnoc4C(C)C)CC3)c(c1)CCc1cncc(c1)N2. The predicted molar refractivity (Wildman–Crippen MR) is 164 cm³/mol. The molecule has 6 bridgehead atoms. The van der Waals surface area contributed by atoms with E-state index in [2.05, 4.69) is 42.1 Å². The number of aryl methyl sites for hydroxylation is 3. The van der Waals surface area contributed by atoms with Crippen molar-refractivity contribution in [1.29, 1.82) is 0 Å². The summed E-state index contributed by atoms with van der Waals surface area (Å²) in [6, 6.07) is 8.02. The van der Waals surface area contributed by atoms with Crippen molar-refractivity contribution in [3.63, 3.8) is 0 Å². The molecule has 0 aliphatic carbocycles. The first kappa shape index (κ1) is 28.3. The average Bonchev–Trinajstić information content (AvgIpc) is 3.49. The summed E-state index contributed by atoms with van der Waals surface area (Å²) < 4.78 is 5.30. The normalized spacial score (nSPS) is 15.0. The number of anilines is 5. The Hall–Kier alpha value is -4.80. The standard InChI is InChI=1S/C32H36N8O3/c1-19(2)29-26(18-35-43-29)31(42)40-10-8-21(9-11-40)13-28(41)38-27-7-6-24-14-23(27)5-4-22-12-25(17-33-16-22)37-32-34-15-20(3)30(36-24)39-32/h6-7,12,14-19,21H,4-5,8-11,13H2,1-3H3,(H,38,41)(H2,34,36,37,39). The monoisotopic (exact) mass is 580 g/mol. The number of likely N-dealkylation sites (tertiary alicyclic amines) is 1. The highest BCUT2D eigenvalue weighted by Gasteiger charge is 2.28. The third-order valence-electron chi connectivity index (χ3n) is 8.08. The van der Waals surface area contributed by atoms with Crippen molar-refractivity contribution in [3.8, 4) is 0 Å². The van der Waals surface area contributed by atoms with Gasteiger partial charge in [-0.2, -0.15) is 4.98 Å². The molecule has 0 radical (unpaired) electrons. The molecule has 11 nitrogen and oxygen atoms in total. The van der Waals surface area contributed by atoms with Crippen LogP contribution in [0.4, 0.5) is 28.8 Å². The number of nitrogens with zero attached hydrogens (tertiary/aromatic N) is 5. The Balaban J connectivity index is 1.13. The summed E-state index contributed by atoms with van der Waals surface area (Å²) in [5, 5.41) is 13.7. The fraction of sp³-hybridized carbons (Fsp3) is 0.375. The number of hydrogen-bond acceptors (Lipinski definition) is 9. The zero-order valence-corrected chi connectivity index (χ0v) is 24.7. The number of carbonyl (C=O) groups is 2. The minimum atomic E-state index is -0.0496. The second-order valence-corrected chi connectivity index (χ2v) is 11.7. The van der Waals surface area contributed by atoms with E-state index in [1.165, 1.54) is 6.20 Å². The number of hydrogen-bond donors (Lipinski definition) is 3. The van der Waals surface area contributed by atoms with Crippen LogP contribution in [0.1, 0.15) is 71.8 Å². The summed E-state index contributed by atoms with van der Waals surface area (Å²) in [5.74, 6) is 2.04. The van der Waals surface area contributed by atoms with E-state index in [0.717, 1.165) is 59.4 Å². The van der Waals surface area contributed by atoms with Gasteiger partial charge in [-0.15, -0.1) is 0 Å². The van der Waals surface area contributed by atoms with Crippen molar-refractivity contribution in [1.82, 2.24) is 25.0 Å². The molecule has 0 unspecified atom stereocenters. The molecule has 2 amide bonds. The summed E-state index contributed by atoms with van der Waals surface area (Å²) in [6.07, 6.45) is 10.3. The van der Waals surface area contributed by atoms with Gasteiger partial charge in [0, 0.05) is 54.8 Å². The summed E-state index contributed by atoms with van der Waals surface area (Å²) in [5.41, 5.74) is 6.05. The number of pyridine rings is 1. The molecule has 43 heavy (non-hydrogen) atoms. The maximum Gasteiger partial charge on any atom is 0.259 e. The number of aromatic nitrogens is 4. The lowest BCUT2D eigenvalue weighted by Gasteiger charge is -2.31. The molecular formula is C32H36N8O3. The number of piperidine rings is 1. The quantitative estimate of drug-likeness (QED) is 0.269. The molecule has 1 saturated heterocycles. The van der Waals surface area contributed by atoms with Gasteiger partial charge < -0.3 is 25.4 Å². The van der Waals surface area contributed by atoms with Crippen LogP contribution in [0, 0.1) is 12.8 Å². The van der Waals surface area contributed by atoms with Crippen LogP contribution in [0.5, 0.6) is 0 Å². The van der Waals surface area contributed by atoms with Gasteiger partial charge in [0.05, 0.1) is 18.1 Å².